The Labute approximate surface area is 115 Å². The van der Waals surface area contributed by atoms with Gasteiger partial charge in [0.1, 0.15) is 6.04 Å². The van der Waals surface area contributed by atoms with Gasteiger partial charge in [0.15, 0.2) is 0 Å². The standard InChI is InChI=1S/C13H17BrN2O2/c1-9-8-15-13(18)12(6-7-17)16(9)11-4-2-10(14)3-5-11/h2-5,9,12,17H,6-8H2,1H3,(H,15,18). The molecular formula is C13H17BrN2O2. The molecule has 1 fully saturated rings. The largest absolute Gasteiger partial charge is 0.396 e. The van der Waals surface area contributed by atoms with Crippen molar-refractivity contribution >= 4 is 27.5 Å². The van der Waals surface area contributed by atoms with Gasteiger partial charge in [0.2, 0.25) is 5.91 Å². The van der Waals surface area contributed by atoms with Gasteiger partial charge in [0.05, 0.1) is 0 Å². The number of anilines is 1. The van der Waals surface area contributed by atoms with Gasteiger partial charge in [-0.2, -0.15) is 0 Å². The SMILES string of the molecule is CC1CNC(=O)C(CCO)N1c1ccc(Br)cc1. The summed E-state index contributed by atoms with van der Waals surface area (Å²) >= 11 is 3.40. The Morgan fingerprint density at radius 1 is 1.44 bits per heavy atom. The summed E-state index contributed by atoms with van der Waals surface area (Å²) in [5, 5.41) is 12.0. The lowest BCUT2D eigenvalue weighted by Crippen LogP contribution is -2.60. The first-order chi connectivity index (χ1) is 8.63. The number of piperazine rings is 1. The first-order valence-electron chi connectivity index (χ1n) is 6.06. The first-order valence-corrected chi connectivity index (χ1v) is 6.85. The Bertz CT molecular complexity index is 422. The number of aliphatic hydroxyl groups is 1. The zero-order valence-electron chi connectivity index (χ0n) is 10.3. The summed E-state index contributed by atoms with van der Waals surface area (Å²) in [5.41, 5.74) is 1.01. The van der Waals surface area contributed by atoms with Crippen LogP contribution in [0.3, 0.4) is 0 Å². The lowest BCUT2D eigenvalue weighted by atomic mass is 10.0. The van der Waals surface area contributed by atoms with Crippen LogP contribution in [-0.2, 0) is 4.79 Å². The number of hydrogen-bond donors (Lipinski definition) is 2. The third-order valence-corrected chi connectivity index (χ3v) is 3.74. The Hall–Kier alpha value is -1.07. The second kappa shape index (κ2) is 5.71. The highest BCUT2D eigenvalue weighted by Crippen LogP contribution is 2.25. The molecule has 1 aliphatic rings. The monoisotopic (exact) mass is 312 g/mol. The average Bonchev–Trinajstić information content (AvgIpc) is 2.36. The normalized spacial score (nSPS) is 23.9. The summed E-state index contributed by atoms with van der Waals surface area (Å²) in [6.07, 6.45) is 0.451. The summed E-state index contributed by atoms with van der Waals surface area (Å²) in [6.45, 7) is 2.72. The lowest BCUT2D eigenvalue weighted by molar-refractivity contribution is -0.124. The molecule has 1 aromatic carbocycles. The maximum absolute atomic E-state index is 11.9. The molecular weight excluding hydrogens is 296 g/mol. The molecule has 5 heteroatoms. The maximum Gasteiger partial charge on any atom is 0.242 e. The number of aliphatic hydroxyl groups excluding tert-OH is 1. The van der Waals surface area contributed by atoms with E-state index < -0.39 is 0 Å². The van der Waals surface area contributed by atoms with Crippen molar-refractivity contribution in [2.75, 3.05) is 18.1 Å². The van der Waals surface area contributed by atoms with E-state index in [-0.39, 0.29) is 24.6 Å². The number of carbonyl (C=O) groups excluding carboxylic acids is 1. The van der Waals surface area contributed by atoms with Gasteiger partial charge < -0.3 is 15.3 Å². The predicted molar refractivity (Wildman–Crippen MR) is 74.6 cm³/mol. The van der Waals surface area contributed by atoms with Crippen molar-refractivity contribution < 1.29 is 9.90 Å². The molecule has 4 nitrogen and oxygen atoms in total. The van der Waals surface area contributed by atoms with Crippen LogP contribution in [0.25, 0.3) is 0 Å². The van der Waals surface area contributed by atoms with Crippen LogP contribution in [-0.4, -0.2) is 36.2 Å². The van der Waals surface area contributed by atoms with Gasteiger partial charge in [-0.25, -0.2) is 0 Å². The van der Waals surface area contributed by atoms with E-state index in [1.807, 2.05) is 24.3 Å². The van der Waals surface area contributed by atoms with E-state index in [1.165, 1.54) is 0 Å². The number of rotatable bonds is 3. The molecule has 2 unspecified atom stereocenters. The fourth-order valence-corrected chi connectivity index (χ4v) is 2.60. The van der Waals surface area contributed by atoms with Crippen molar-refractivity contribution in [3.8, 4) is 0 Å². The minimum atomic E-state index is -0.292. The average molecular weight is 313 g/mol. The fraction of sp³-hybridized carbons (Fsp3) is 0.462. The minimum Gasteiger partial charge on any atom is -0.396 e. The van der Waals surface area contributed by atoms with Crippen molar-refractivity contribution in [3.63, 3.8) is 0 Å². The molecule has 0 aromatic heterocycles. The van der Waals surface area contributed by atoms with E-state index in [0.29, 0.717) is 13.0 Å². The van der Waals surface area contributed by atoms with Gasteiger partial charge >= 0.3 is 0 Å². The summed E-state index contributed by atoms with van der Waals surface area (Å²) in [7, 11) is 0. The van der Waals surface area contributed by atoms with E-state index in [2.05, 4.69) is 33.1 Å². The van der Waals surface area contributed by atoms with Crippen LogP contribution >= 0.6 is 15.9 Å². The van der Waals surface area contributed by atoms with Crippen LogP contribution < -0.4 is 10.2 Å². The van der Waals surface area contributed by atoms with Gasteiger partial charge in [-0.3, -0.25) is 4.79 Å². The molecule has 98 valence electrons. The molecule has 1 saturated heterocycles. The molecule has 0 radical (unpaired) electrons. The molecule has 2 atom stereocenters. The van der Waals surface area contributed by atoms with Gasteiger partial charge in [0, 0.05) is 29.4 Å². The van der Waals surface area contributed by atoms with Crippen molar-refractivity contribution in [2.24, 2.45) is 0 Å². The summed E-state index contributed by atoms with van der Waals surface area (Å²) in [4.78, 5) is 14.0. The maximum atomic E-state index is 11.9. The van der Waals surface area contributed by atoms with Crippen LogP contribution in [0.4, 0.5) is 5.69 Å². The first kappa shape index (κ1) is 13.4. The minimum absolute atomic E-state index is 0.00920. The Balaban J connectivity index is 2.30. The third-order valence-electron chi connectivity index (χ3n) is 3.21. The van der Waals surface area contributed by atoms with Crippen LogP contribution in [0, 0.1) is 0 Å². The molecule has 0 spiro atoms. The molecule has 0 saturated carbocycles. The molecule has 1 heterocycles. The van der Waals surface area contributed by atoms with Crippen LogP contribution in [0.5, 0.6) is 0 Å². The summed E-state index contributed by atoms with van der Waals surface area (Å²) in [5.74, 6) is -0.00920. The number of carbonyl (C=O) groups is 1. The second-order valence-corrected chi connectivity index (χ2v) is 5.42. The third kappa shape index (κ3) is 2.67. The number of halogens is 1. The molecule has 1 amide bonds. The Morgan fingerprint density at radius 2 is 2.11 bits per heavy atom. The van der Waals surface area contributed by atoms with E-state index >= 15 is 0 Å². The number of nitrogens with one attached hydrogen (secondary N) is 1. The number of amides is 1. The molecule has 0 bridgehead atoms. The molecule has 18 heavy (non-hydrogen) atoms. The topological polar surface area (TPSA) is 52.6 Å². The highest BCUT2D eigenvalue weighted by molar-refractivity contribution is 9.10. The number of hydrogen-bond acceptors (Lipinski definition) is 3. The summed E-state index contributed by atoms with van der Waals surface area (Å²) < 4.78 is 1.01. The van der Waals surface area contributed by atoms with E-state index in [0.717, 1.165) is 10.2 Å². The van der Waals surface area contributed by atoms with E-state index in [9.17, 15) is 4.79 Å². The summed E-state index contributed by atoms with van der Waals surface area (Å²) in [6, 6.07) is 7.84. The Morgan fingerprint density at radius 3 is 2.72 bits per heavy atom. The predicted octanol–water partition coefficient (Wildman–Crippen LogP) is 1.52. The highest BCUT2D eigenvalue weighted by atomic mass is 79.9. The van der Waals surface area contributed by atoms with Crippen molar-refractivity contribution in [1.82, 2.24) is 5.32 Å². The van der Waals surface area contributed by atoms with Crippen molar-refractivity contribution in [1.29, 1.82) is 0 Å². The van der Waals surface area contributed by atoms with Gasteiger partial charge in [-0.15, -0.1) is 0 Å². The lowest BCUT2D eigenvalue weighted by Gasteiger charge is -2.41. The van der Waals surface area contributed by atoms with Gasteiger partial charge in [0.25, 0.3) is 0 Å². The van der Waals surface area contributed by atoms with Gasteiger partial charge in [-0.1, -0.05) is 15.9 Å². The zero-order valence-corrected chi connectivity index (χ0v) is 11.9. The Kier molecular flexibility index (Phi) is 4.24. The zero-order chi connectivity index (χ0) is 13.1. The van der Waals surface area contributed by atoms with E-state index in [4.69, 9.17) is 5.11 Å². The van der Waals surface area contributed by atoms with E-state index in [1.54, 1.807) is 0 Å². The molecule has 2 N–H and O–H groups in total. The molecule has 1 aliphatic heterocycles. The number of benzene rings is 1. The molecule has 2 rings (SSSR count). The smallest absolute Gasteiger partial charge is 0.242 e. The van der Waals surface area contributed by atoms with Crippen molar-refractivity contribution in [2.45, 2.75) is 25.4 Å². The fourth-order valence-electron chi connectivity index (χ4n) is 2.34. The van der Waals surface area contributed by atoms with Crippen LogP contribution in [0.15, 0.2) is 28.7 Å². The molecule has 0 aliphatic carbocycles. The quantitative estimate of drug-likeness (QED) is 0.890. The number of nitrogens with zero attached hydrogens (tertiary/aromatic N) is 1. The second-order valence-electron chi connectivity index (χ2n) is 4.51. The highest BCUT2D eigenvalue weighted by Gasteiger charge is 2.33. The van der Waals surface area contributed by atoms with Crippen molar-refractivity contribution in [3.05, 3.63) is 28.7 Å². The van der Waals surface area contributed by atoms with Gasteiger partial charge in [-0.05, 0) is 37.6 Å². The van der Waals surface area contributed by atoms with Crippen LogP contribution in [0.1, 0.15) is 13.3 Å². The molecule has 1 aromatic rings. The van der Waals surface area contributed by atoms with Crippen LogP contribution in [0.2, 0.25) is 0 Å².